The first-order valence-corrected chi connectivity index (χ1v) is 4.21. The molecule has 0 aromatic heterocycles. The molecule has 1 aliphatic carbocycles. The van der Waals surface area contributed by atoms with Crippen LogP contribution in [0, 0.1) is 5.41 Å². The fraction of sp³-hybridized carbons (Fsp3) is 1.00. The quantitative estimate of drug-likeness (QED) is 0.628. The van der Waals surface area contributed by atoms with Crippen LogP contribution in [0.3, 0.4) is 0 Å². The van der Waals surface area contributed by atoms with Crippen molar-refractivity contribution in [3.8, 4) is 0 Å². The van der Waals surface area contributed by atoms with Gasteiger partial charge < -0.3 is 5.32 Å². The highest BCUT2D eigenvalue weighted by atomic mass is 35.5. The Morgan fingerprint density at radius 1 is 1.17 bits per heavy atom. The van der Waals surface area contributed by atoms with Gasteiger partial charge in [0.2, 0.25) is 5.92 Å². The van der Waals surface area contributed by atoms with Gasteiger partial charge >= 0.3 is 0 Å². The van der Waals surface area contributed by atoms with E-state index in [9.17, 15) is 8.78 Å². The lowest BCUT2D eigenvalue weighted by molar-refractivity contribution is -0.166. The molecule has 4 heteroatoms. The van der Waals surface area contributed by atoms with Crippen LogP contribution < -0.4 is 5.32 Å². The lowest BCUT2D eigenvalue weighted by Crippen LogP contribution is -2.54. The average Bonchev–Trinajstić information content (AvgIpc) is 1.85. The Hall–Kier alpha value is 0.110. The Labute approximate surface area is 77.3 Å². The number of nitrogens with one attached hydrogen (secondary N) is 1. The van der Waals surface area contributed by atoms with E-state index in [-0.39, 0.29) is 30.7 Å². The molecule has 2 aliphatic rings. The average molecular weight is 198 g/mol. The number of halogens is 3. The predicted octanol–water partition coefficient (Wildman–Crippen LogP) is 2.21. The standard InChI is InChI=1S/C8H13F2N.ClH/c9-8(10)4-7(5-8)2-1-3-11-6-7;/h11H,1-6H2;1H. The Balaban J connectivity index is 0.000000720. The molecule has 1 spiro atoms. The maximum atomic E-state index is 12.5. The third-order valence-corrected chi connectivity index (χ3v) is 2.83. The molecular formula is C8H14ClF2N. The second-order valence-electron chi connectivity index (χ2n) is 3.99. The molecule has 0 atom stereocenters. The number of piperidine rings is 1. The van der Waals surface area contributed by atoms with Crippen molar-refractivity contribution in [1.82, 2.24) is 5.32 Å². The zero-order chi connectivity index (χ0) is 7.95. The van der Waals surface area contributed by atoms with Gasteiger partial charge in [-0.25, -0.2) is 8.78 Å². The first kappa shape index (κ1) is 10.2. The van der Waals surface area contributed by atoms with Crippen molar-refractivity contribution < 1.29 is 8.78 Å². The normalized spacial score (nSPS) is 30.5. The summed E-state index contributed by atoms with van der Waals surface area (Å²) in [6, 6.07) is 0. The van der Waals surface area contributed by atoms with Crippen LogP contribution >= 0.6 is 12.4 Å². The minimum absolute atomic E-state index is 0. The van der Waals surface area contributed by atoms with Crippen molar-refractivity contribution in [3.05, 3.63) is 0 Å². The number of hydrogen-bond donors (Lipinski definition) is 1. The van der Waals surface area contributed by atoms with E-state index in [1.807, 2.05) is 0 Å². The van der Waals surface area contributed by atoms with Gasteiger partial charge in [0.05, 0.1) is 0 Å². The van der Waals surface area contributed by atoms with Gasteiger partial charge in [-0.3, -0.25) is 0 Å². The maximum absolute atomic E-state index is 12.5. The molecule has 0 radical (unpaired) electrons. The highest BCUT2D eigenvalue weighted by molar-refractivity contribution is 5.85. The van der Waals surface area contributed by atoms with Gasteiger partial charge in [-0.15, -0.1) is 12.4 Å². The zero-order valence-electron chi connectivity index (χ0n) is 6.91. The molecule has 0 amide bonds. The lowest BCUT2D eigenvalue weighted by atomic mass is 9.62. The zero-order valence-corrected chi connectivity index (χ0v) is 7.72. The number of alkyl halides is 2. The summed E-state index contributed by atoms with van der Waals surface area (Å²) in [6.07, 6.45) is 2.30. The van der Waals surface area contributed by atoms with Crippen LogP contribution in [0.1, 0.15) is 25.7 Å². The second-order valence-corrected chi connectivity index (χ2v) is 3.99. The second kappa shape index (κ2) is 3.11. The topological polar surface area (TPSA) is 12.0 Å². The van der Waals surface area contributed by atoms with Crippen LogP contribution in [0.2, 0.25) is 0 Å². The van der Waals surface area contributed by atoms with Crippen LogP contribution in [-0.2, 0) is 0 Å². The Morgan fingerprint density at radius 3 is 2.25 bits per heavy atom. The highest BCUT2D eigenvalue weighted by Gasteiger charge is 2.56. The van der Waals surface area contributed by atoms with Gasteiger partial charge in [0.15, 0.2) is 0 Å². The van der Waals surface area contributed by atoms with E-state index >= 15 is 0 Å². The summed E-state index contributed by atoms with van der Waals surface area (Å²) >= 11 is 0. The van der Waals surface area contributed by atoms with Gasteiger partial charge in [-0.2, -0.15) is 0 Å². The molecular weight excluding hydrogens is 184 g/mol. The minimum Gasteiger partial charge on any atom is -0.316 e. The summed E-state index contributed by atoms with van der Waals surface area (Å²) in [7, 11) is 0. The van der Waals surface area contributed by atoms with Crippen LogP contribution in [0.4, 0.5) is 8.78 Å². The van der Waals surface area contributed by atoms with Crippen LogP contribution in [0.25, 0.3) is 0 Å². The number of rotatable bonds is 0. The van der Waals surface area contributed by atoms with Crippen molar-refractivity contribution in [2.45, 2.75) is 31.6 Å². The molecule has 0 aromatic carbocycles. The van der Waals surface area contributed by atoms with Crippen molar-refractivity contribution in [3.63, 3.8) is 0 Å². The molecule has 72 valence electrons. The van der Waals surface area contributed by atoms with E-state index in [2.05, 4.69) is 5.32 Å². The van der Waals surface area contributed by atoms with Gasteiger partial charge in [0, 0.05) is 19.4 Å². The summed E-state index contributed by atoms with van der Waals surface area (Å²) < 4.78 is 25.1. The van der Waals surface area contributed by atoms with Crippen LogP contribution in [0.5, 0.6) is 0 Å². The van der Waals surface area contributed by atoms with Gasteiger partial charge in [-0.1, -0.05) is 0 Å². The van der Waals surface area contributed by atoms with Gasteiger partial charge in [0.1, 0.15) is 0 Å². The van der Waals surface area contributed by atoms with E-state index in [4.69, 9.17) is 0 Å². The SMILES string of the molecule is Cl.FC1(F)CC2(CCCNC2)C1. The third-order valence-electron chi connectivity index (χ3n) is 2.83. The molecule has 2 fully saturated rings. The van der Waals surface area contributed by atoms with Crippen molar-refractivity contribution in [2.24, 2.45) is 5.41 Å². The van der Waals surface area contributed by atoms with E-state index in [1.165, 1.54) is 0 Å². The summed E-state index contributed by atoms with van der Waals surface area (Å²) in [5.74, 6) is -2.35. The molecule has 1 aliphatic heterocycles. The lowest BCUT2D eigenvalue weighted by Gasteiger charge is -2.49. The molecule has 0 unspecified atom stereocenters. The highest BCUT2D eigenvalue weighted by Crippen LogP contribution is 2.54. The largest absolute Gasteiger partial charge is 0.316 e. The number of hydrogen-bond acceptors (Lipinski definition) is 1. The van der Waals surface area contributed by atoms with Gasteiger partial charge in [-0.05, 0) is 24.8 Å². The Bertz CT molecular complexity index is 156. The summed E-state index contributed by atoms with van der Waals surface area (Å²) in [5, 5.41) is 3.18. The smallest absolute Gasteiger partial charge is 0.249 e. The van der Waals surface area contributed by atoms with Crippen molar-refractivity contribution in [1.29, 1.82) is 0 Å². The summed E-state index contributed by atoms with van der Waals surface area (Å²) in [6.45, 7) is 1.82. The Kier molecular flexibility index (Phi) is 2.64. The Morgan fingerprint density at radius 2 is 1.83 bits per heavy atom. The summed E-state index contributed by atoms with van der Waals surface area (Å²) in [4.78, 5) is 0. The molecule has 0 bridgehead atoms. The molecule has 2 rings (SSSR count). The fourth-order valence-corrected chi connectivity index (χ4v) is 2.38. The van der Waals surface area contributed by atoms with Gasteiger partial charge in [0.25, 0.3) is 0 Å². The minimum atomic E-state index is -2.35. The molecule has 1 N–H and O–H groups in total. The first-order chi connectivity index (χ1) is 5.12. The maximum Gasteiger partial charge on any atom is 0.249 e. The molecule has 1 saturated heterocycles. The summed E-state index contributed by atoms with van der Waals surface area (Å²) in [5.41, 5.74) is -0.0260. The van der Waals surface area contributed by atoms with Crippen LogP contribution in [0.15, 0.2) is 0 Å². The monoisotopic (exact) mass is 197 g/mol. The van der Waals surface area contributed by atoms with Crippen molar-refractivity contribution in [2.75, 3.05) is 13.1 Å². The first-order valence-electron chi connectivity index (χ1n) is 4.21. The fourth-order valence-electron chi connectivity index (χ4n) is 2.38. The molecule has 1 heterocycles. The third kappa shape index (κ3) is 1.72. The van der Waals surface area contributed by atoms with E-state index in [1.54, 1.807) is 0 Å². The molecule has 0 aromatic rings. The predicted molar refractivity (Wildman–Crippen MR) is 46.0 cm³/mol. The van der Waals surface area contributed by atoms with E-state index in [0.29, 0.717) is 0 Å². The molecule has 1 saturated carbocycles. The molecule has 1 nitrogen and oxygen atoms in total. The van der Waals surface area contributed by atoms with E-state index < -0.39 is 5.92 Å². The molecule has 12 heavy (non-hydrogen) atoms. The van der Waals surface area contributed by atoms with Crippen LogP contribution in [-0.4, -0.2) is 19.0 Å². The van der Waals surface area contributed by atoms with Crippen molar-refractivity contribution >= 4 is 12.4 Å². The van der Waals surface area contributed by atoms with E-state index in [0.717, 1.165) is 25.9 Å².